The van der Waals surface area contributed by atoms with Gasteiger partial charge in [-0.15, -0.1) is 0 Å². The predicted octanol–water partition coefficient (Wildman–Crippen LogP) is 1.69. The number of nitrogens with zero attached hydrogens (tertiary/aromatic N) is 1. The minimum Gasteiger partial charge on any atom is -0.478 e. The molecule has 2 N–H and O–H groups in total. The van der Waals surface area contributed by atoms with Crippen molar-refractivity contribution in [1.82, 2.24) is 5.32 Å². The number of carboxylic acid groups (broad SMARTS) is 1. The fraction of sp³-hybridized carbons (Fsp3) is 0.429. The molecule has 0 aliphatic rings. The zero-order valence-electron chi connectivity index (χ0n) is 12.3. The number of anilines is 1. The number of carbonyl (C=O) groups excluding carboxylic acids is 1. The maximum atomic E-state index is 12.0. The van der Waals surface area contributed by atoms with E-state index in [1.165, 1.54) is 18.0 Å². The van der Waals surface area contributed by atoms with Crippen LogP contribution in [0.3, 0.4) is 0 Å². The fourth-order valence-electron chi connectivity index (χ4n) is 1.72. The van der Waals surface area contributed by atoms with Crippen molar-refractivity contribution < 1.29 is 18.9 Å². The Kier molecular flexibility index (Phi) is 6.36. The van der Waals surface area contributed by atoms with Crippen LogP contribution in [0, 0.1) is 0 Å². The second-order valence-electron chi connectivity index (χ2n) is 4.71. The summed E-state index contributed by atoms with van der Waals surface area (Å²) in [7, 11) is 0.588. The smallest absolute Gasteiger partial charge is 0.337 e. The van der Waals surface area contributed by atoms with E-state index in [-0.39, 0.29) is 10.8 Å². The molecule has 2 unspecified atom stereocenters. The molecule has 1 rings (SSSR count). The van der Waals surface area contributed by atoms with E-state index in [0.29, 0.717) is 18.7 Å². The van der Waals surface area contributed by atoms with Gasteiger partial charge in [0.15, 0.2) is 0 Å². The predicted molar refractivity (Wildman–Crippen MR) is 83.3 cm³/mol. The molecule has 0 heterocycles. The highest BCUT2D eigenvalue weighted by molar-refractivity contribution is 7.84. The number of nitrogens with one attached hydrogen (secondary N) is 1. The van der Waals surface area contributed by atoms with Crippen molar-refractivity contribution in [3.63, 3.8) is 0 Å². The molecule has 116 valence electrons. The van der Waals surface area contributed by atoms with Crippen molar-refractivity contribution in [2.45, 2.75) is 18.6 Å². The Morgan fingerprint density at radius 1 is 1.38 bits per heavy atom. The second kappa shape index (κ2) is 7.78. The summed E-state index contributed by atoms with van der Waals surface area (Å²) in [6.07, 6.45) is 2.23. The van der Waals surface area contributed by atoms with Crippen molar-refractivity contribution in [3.8, 4) is 0 Å². The maximum Gasteiger partial charge on any atom is 0.337 e. The molecular formula is C14H20N2O4S. The fourth-order valence-corrected chi connectivity index (χ4v) is 2.17. The summed E-state index contributed by atoms with van der Waals surface area (Å²) in [5, 5.41) is 11.8. The second-order valence-corrected chi connectivity index (χ2v) is 6.51. The molecule has 0 aliphatic carbocycles. The number of para-hydroxylation sites is 1. The van der Waals surface area contributed by atoms with E-state index in [9.17, 15) is 13.8 Å². The Balaban J connectivity index is 2.67. The van der Waals surface area contributed by atoms with E-state index in [2.05, 4.69) is 5.32 Å². The lowest BCUT2D eigenvalue weighted by Gasteiger charge is -2.20. The summed E-state index contributed by atoms with van der Waals surface area (Å²) in [4.78, 5) is 24.4. The molecule has 6 nitrogen and oxygen atoms in total. The normalized spacial score (nSPS) is 13.3. The van der Waals surface area contributed by atoms with Gasteiger partial charge in [-0.05, 0) is 18.6 Å². The van der Waals surface area contributed by atoms with Crippen LogP contribution in [-0.4, -0.2) is 46.4 Å². The van der Waals surface area contributed by atoms with Crippen molar-refractivity contribution >= 4 is 28.5 Å². The van der Waals surface area contributed by atoms with Gasteiger partial charge in [0.2, 0.25) is 0 Å². The van der Waals surface area contributed by atoms with Gasteiger partial charge in [0.05, 0.1) is 11.3 Å². The van der Waals surface area contributed by atoms with E-state index < -0.39 is 22.8 Å². The van der Waals surface area contributed by atoms with Crippen LogP contribution < -0.4 is 10.2 Å². The van der Waals surface area contributed by atoms with E-state index in [4.69, 9.17) is 5.11 Å². The van der Waals surface area contributed by atoms with E-state index in [1.54, 1.807) is 24.5 Å². The van der Waals surface area contributed by atoms with Gasteiger partial charge in [0.25, 0.3) is 0 Å². The lowest BCUT2D eigenvalue weighted by Crippen LogP contribution is -2.39. The van der Waals surface area contributed by atoms with Crippen LogP contribution >= 0.6 is 0 Å². The summed E-state index contributed by atoms with van der Waals surface area (Å²) >= 11 is 0. The standard InChI is InChI=1S/C14H20N2O4S/c1-10(21(3)20)8-9-15-14(19)16(2)12-7-5-4-6-11(12)13(17)18/h4-7,10H,8-9H2,1-3H3,(H,15,19)(H,17,18). The van der Waals surface area contributed by atoms with Crippen LogP contribution in [0.25, 0.3) is 0 Å². The van der Waals surface area contributed by atoms with E-state index >= 15 is 0 Å². The molecule has 0 aromatic heterocycles. The lowest BCUT2D eigenvalue weighted by atomic mass is 10.1. The molecule has 2 atom stereocenters. The third-order valence-corrected chi connectivity index (χ3v) is 4.56. The number of carboxylic acids is 1. The van der Waals surface area contributed by atoms with Crippen molar-refractivity contribution in [1.29, 1.82) is 0 Å². The highest BCUT2D eigenvalue weighted by Gasteiger charge is 2.17. The van der Waals surface area contributed by atoms with Crippen molar-refractivity contribution in [2.24, 2.45) is 0 Å². The molecule has 7 heteroatoms. The zero-order valence-corrected chi connectivity index (χ0v) is 13.1. The molecule has 2 amide bonds. The third kappa shape index (κ3) is 4.86. The minimum absolute atomic E-state index is 0.00177. The van der Waals surface area contributed by atoms with Crippen LogP contribution in [0.15, 0.2) is 24.3 Å². The average Bonchev–Trinajstić information content (AvgIpc) is 2.45. The highest BCUT2D eigenvalue weighted by Crippen LogP contribution is 2.19. The first-order chi connectivity index (χ1) is 9.84. The van der Waals surface area contributed by atoms with Gasteiger partial charge in [-0.25, -0.2) is 9.59 Å². The summed E-state index contributed by atoms with van der Waals surface area (Å²) in [6.45, 7) is 2.24. The number of benzene rings is 1. The van der Waals surface area contributed by atoms with Crippen LogP contribution in [0.4, 0.5) is 10.5 Å². The number of hydrogen-bond acceptors (Lipinski definition) is 3. The highest BCUT2D eigenvalue weighted by atomic mass is 32.2. The van der Waals surface area contributed by atoms with Crippen LogP contribution in [0.1, 0.15) is 23.7 Å². The molecule has 1 aromatic rings. The Morgan fingerprint density at radius 3 is 2.57 bits per heavy atom. The number of amides is 2. The van der Waals surface area contributed by atoms with Gasteiger partial charge < -0.3 is 10.4 Å². The van der Waals surface area contributed by atoms with E-state index in [0.717, 1.165) is 0 Å². The topological polar surface area (TPSA) is 86.7 Å². The Bertz CT molecular complexity index is 548. The van der Waals surface area contributed by atoms with Gasteiger partial charge in [-0.2, -0.15) is 0 Å². The monoisotopic (exact) mass is 312 g/mol. The van der Waals surface area contributed by atoms with E-state index in [1.807, 2.05) is 6.92 Å². The van der Waals surface area contributed by atoms with Crippen LogP contribution in [0.2, 0.25) is 0 Å². The van der Waals surface area contributed by atoms with Gasteiger partial charge in [-0.3, -0.25) is 9.11 Å². The van der Waals surface area contributed by atoms with Gasteiger partial charge in [0.1, 0.15) is 0 Å². The Labute approximate surface area is 126 Å². The molecule has 0 saturated carbocycles. The van der Waals surface area contributed by atoms with Crippen molar-refractivity contribution in [3.05, 3.63) is 29.8 Å². The average molecular weight is 312 g/mol. The number of rotatable bonds is 6. The van der Waals surface area contributed by atoms with Crippen LogP contribution in [0.5, 0.6) is 0 Å². The Hall–Kier alpha value is -1.89. The summed E-state index contributed by atoms with van der Waals surface area (Å²) in [5.41, 5.74) is 0.396. The first-order valence-electron chi connectivity index (χ1n) is 6.50. The summed E-state index contributed by atoms with van der Waals surface area (Å²) < 4.78 is 11.2. The molecule has 0 radical (unpaired) electrons. The third-order valence-electron chi connectivity index (χ3n) is 3.19. The molecule has 21 heavy (non-hydrogen) atoms. The summed E-state index contributed by atoms with van der Waals surface area (Å²) in [6, 6.07) is 5.92. The van der Waals surface area contributed by atoms with Gasteiger partial charge >= 0.3 is 12.0 Å². The van der Waals surface area contributed by atoms with Crippen LogP contribution in [-0.2, 0) is 10.8 Å². The number of carbonyl (C=O) groups is 2. The molecule has 0 bridgehead atoms. The molecule has 0 saturated heterocycles. The quantitative estimate of drug-likeness (QED) is 0.837. The first-order valence-corrected chi connectivity index (χ1v) is 8.12. The summed E-state index contributed by atoms with van der Waals surface area (Å²) in [5.74, 6) is -1.08. The van der Waals surface area contributed by atoms with Gasteiger partial charge in [-0.1, -0.05) is 19.1 Å². The SMILES string of the molecule is CC(CCNC(=O)N(C)c1ccccc1C(=O)O)S(C)=O. The lowest BCUT2D eigenvalue weighted by molar-refractivity contribution is 0.0697. The molecular weight excluding hydrogens is 292 g/mol. The number of hydrogen-bond donors (Lipinski definition) is 2. The first kappa shape index (κ1) is 17.2. The Morgan fingerprint density at radius 2 is 2.00 bits per heavy atom. The number of urea groups is 1. The van der Waals surface area contributed by atoms with Gasteiger partial charge in [0, 0.05) is 35.9 Å². The largest absolute Gasteiger partial charge is 0.478 e. The molecule has 1 aromatic carbocycles. The molecule has 0 spiro atoms. The molecule has 0 fully saturated rings. The number of aromatic carboxylic acids is 1. The zero-order chi connectivity index (χ0) is 16.0. The maximum absolute atomic E-state index is 12.0. The van der Waals surface area contributed by atoms with Crippen molar-refractivity contribution in [2.75, 3.05) is 24.7 Å². The molecule has 0 aliphatic heterocycles. The minimum atomic E-state index is -1.08.